The van der Waals surface area contributed by atoms with Crippen LogP contribution < -0.4 is 0 Å². The molecule has 1 rings (SSSR count). The Kier molecular flexibility index (Phi) is 4.94. The smallest absolute Gasteiger partial charge is 0.317 e. The summed E-state index contributed by atoms with van der Waals surface area (Å²) in [7, 11) is 0. The van der Waals surface area contributed by atoms with Crippen LogP contribution in [0.1, 0.15) is 17.5 Å². The van der Waals surface area contributed by atoms with Crippen LogP contribution in [0.3, 0.4) is 0 Å². The lowest BCUT2D eigenvalue weighted by Crippen LogP contribution is -2.12. The van der Waals surface area contributed by atoms with Crippen molar-refractivity contribution in [3.05, 3.63) is 42.0 Å². The van der Waals surface area contributed by atoms with E-state index < -0.39 is 18.4 Å². The first-order valence-electron chi connectivity index (χ1n) is 5.20. The van der Waals surface area contributed by atoms with Crippen LogP contribution in [0.15, 0.2) is 30.8 Å². The molecule has 0 atom stereocenters. The van der Waals surface area contributed by atoms with Gasteiger partial charge in [0, 0.05) is 6.42 Å². The Hall–Kier alpha value is -2.10. The Morgan fingerprint density at radius 2 is 1.94 bits per heavy atom. The highest BCUT2D eigenvalue weighted by atomic mass is 16.5. The van der Waals surface area contributed by atoms with Crippen molar-refractivity contribution >= 4 is 18.0 Å². The number of carbonyl (C=O) groups excluding carboxylic acids is 1. The number of rotatable bonds is 6. The Labute approximate surface area is 99.5 Å². The quantitative estimate of drug-likeness (QED) is 0.603. The van der Waals surface area contributed by atoms with Crippen LogP contribution in [0.2, 0.25) is 0 Å². The molecule has 1 N–H and O–H groups in total. The fourth-order valence-electron chi connectivity index (χ4n) is 1.28. The van der Waals surface area contributed by atoms with Gasteiger partial charge in [0.15, 0.2) is 0 Å². The molecule has 0 bridgehead atoms. The third kappa shape index (κ3) is 4.97. The van der Waals surface area contributed by atoms with Gasteiger partial charge in [0.2, 0.25) is 0 Å². The largest absolute Gasteiger partial charge is 0.481 e. The summed E-state index contributed by atoms with van der Waals surface area (Å²) in [6, 6.07) is 7.67. The SMILES string of the molecule is C=Cc1ccc(CCOC(=O)CC(=O)O)cc1. The average molecular weight is 234 g/mol. The molecule has 4 nitrogen and oxygen atoms in total. The summed E-state index contributed by atoms with van der Waals surface area (Å²) in [5.74, 6) is -1.88. The molecule has 0 radical (unpaired) electrons. The minimum absolute atomic E-state index is 0.194. The fraction of sp³-hybridized carbons (Fsp3) is 0.231. The van der Waals surface area contributed by atoms with Gasteiger partial charge in [-0.1, -0.05) is 36.9 Å². The lowest BCUT2D eigenvalue weighted by atomic mass is 10.1. The second kappa shape index (κ2) is 6.48. The highest BCUT2D eigenvalue weighted by Gasteiger charge is 2.08. The van der Waals surface area contributed by atoms with Gasteiger partial charge >= 0.3 is 11.9 Å². The number of hydrogen-bond acceptors (Lipinski definition) is 3. The second-order valence-electron chi connectivity index (χ2n) is 3.49. The first kappa shape index (κ1) is 13.0. The molecule has 17 heavy (non-hydrogen) atoms. The van der Waals surface area contributed by atoms with Crippen LogP contribution in [0, 0.1) is 0 Å². The number of aliphatic carboxylic acids is 1. The minimum Gasteiger partial charge on any atom is -0.481 e. The number of ether oxygens (including phenoxy) is 1. The summed E-state index contributed by atoms with van der Waals surface area (Å²) in [5, 5.41) is 8.35. The van der Waals surface area contributed by atoms with Crippen molar-refractivity contribution in [3.63, 3.8) is 0 Å². The van der Waals surface area contributed by atoms with E-state index in [4.69, 9.17) is 9.84 Å². The van der Waals surface area contributed by atoms with Gasteiger partial charge in [-0.2, -0.15) is 0 Å². The third-order valence-electron chi connectivity index (χ3n) is 2.16. The van der Waals surface area contributed by atoms with Crippen molar-refractivity contribution in [2.75, 3.05) is 6.61 Å². The van der Waals surface area contributed by atoms with Crippen molar-refractivity contribution in [2.45, 2.75) is 12.8 Å². The maximum absolute atomic E-state index is 10.9. The van der Waals surface area contributed by atoms with E-state index in [0.717, 1.165) is 11.1 Å². The van der Waals surface area contributed by atoms with Crippen LogP contribution in [0.25, 0.3) is 6.08 Å². The van der Waals surface area contributed by atoms with E-state index in [9.17, 15) is 9.59 Å². The third-order valence-corrected chi connectivity index (χ3v) is 2.16. The number of carboxylic acid groups (broad SMARTS) is 1. The van der Waals surface area contributed by atoms with Gasteiger partial charge in [0.25, 0.3) is 0 Å². The van der Waals surface area contributed by atoms with Crippen molar-refractivity contribution in [1.29, 1.82) is 0 Å². The van der Waals surface area contributed by atoms with Crippen molar-refractivity contribution in [3.8, 4) is 0 Å². The first-order chi connectivity index (χ1) is 8.11. The van der Waals surface area contributed by atoms with E-state index in [1.807, 2.05) is 24.3 Å². The molecule has 0 unspecified atom stereocenters. The summed E-state index contributed by atoms with van der Waals surface area (Å²) < 4.78 is 4.77. The molecular weight excluding hydrogens is 220 g/mol. The van der Waals surface area contributed by atoms with Crippen molar-refractivity contribution in [2.24, 2.45) is 0 Å². The number of esters is 1. The molecule has 4 heteroatoms. The predicted octanol–water partition coefficient (Wildman–Crippen LogP) is 1.89. The molecule has 0 aliphatic rings. The molecule has 0 amide bonds. The van der Waals surface area contributed by atoms with Crippen LogP contribution in [-0.2, 0) is 20.7 Å². The van der Waals surface area contributed by atoms with E-state index in [2.05, 4.69) is 6.58 Å². The van der Waals surface area contributed by atoms with Gasteiger partial charge in [-0.3, -0.25) is 9.59 Å². The molecule has 0 aliphatic heterocycles. The van der Waals surface area contributed by atoms with Crippen LogP contribution in [-0.4, -0.2) is 23.7 Å². The highest BCUT2D eigenvalue weighted by Crippen LogP contribution is 2.06. The number of carboxylic acids is 1. The molecule has 0 saturated carbocycles. The first-order valence-corrected chi connectivity index (χ1v) is 5.20. The molecule has 0 aliphatic carbocycles. The lowest BCUT2D eigenvalue weighted by Gasteiger charge is -2.03. The summed E-state index contributed by atoms with van der Waals surface area (Å²) in [6.45, 7) is 3.84. The zero-order chi connectivity index (χ0) is 12.7. The van der Waals surface area contributed by atoms with Crippen LogP contribution in [0.5, 0.6) is 0 Å². The summed E-state index contributed by atoms with van der Waals surface area (Å²) in [5.41, 5.74) is 2.05. The van der Waals surface area contributed by atoms with E-state index in [0.29, 0.717) is 6.42 Å². The summed E-state index contributed by atoms with van der Waals surface area (Å²) >= 11 is 0. The summed E-state index contributed by atoms with van der Waals surface area (Å²) in [6.07, 6.45) is 1.73. The fourth-order valence-corrected chi connectivity index (χ4v) is 1.28. The zero-order valence-corrected chi connectivity index (χ0v) is 9.39. The predicted molar refractivity (Wildman–Crippen MR) is 63.4 cm³/mol. The van der Waals surface area contributed by atoms with Crippen LogP contribution in [0.4, 0.5) is 0 Å². The number of hydrogen-bond donors (Lipinski definition) is 1. The standard InChI is InChI=1S/C13H14O4/c1-2-10-3-5-11(6-4-10)7-8-17-13(16)9-12(14)15/h2-6H,1,7-9H2,(H,14,15). The minimum atomic E-state index is -1.18. The molecule has 1 aromatic carbocycles. The molecule has 0 saturated heterocycles. The molecule has 1 aromatic rings. The second-order valence-corrected chi connectivity index (χ2v) is 3.49. The maximum atomic E-state index is 10.9. The highest BCUT2D eigenvalue weighted by molar-refractivity contribution is 5.90. The Balaban J connectivity index is 2.32. The molecular formula is C13H14O4. The van der Waals surface area contributed by atoms with Crippen molar-refractivity contribution in [1.82, 2.24) is 0 Å². The van der Waals surface area contributed by atoms with Crippen LogP contribution >= 0.6 is 0 Å². The van der Waals surface area contributed by atoms with E-state index in [-0.39, 0.29) is 6.61 Å². The molecule has 0 aromatic heterocycles. The molecule has 0 spiro atoms. The van der Waals surface area contributed by atoms with Gasteiger partial charge in [0.1, 0.15) is 6.42 Å². The van der Waals surface area contributed by atoms with Gasteiger partial charge in [0.05, 0.1) is 6.61 Å². The van der Waals surface area contributed by atoms with Gasteiger partial charge in [-0.15, -0.1) is 0 Å². The summed E-state index contributed by atoms with van der Waals surface area (Å²) in [4.78, 5) is 21.1. The van der Waals surface area contributed by atoms with Gasteiger partial charge < -0.3 is 9.84 Å². The number of benzene rings is 1. The number of carbonyl (C=O) groups is 2. The molecule has 90 valence electrons. The Morgan fingerprint density at radius 1 is 1.29 bits per heavy atom. The van der Waals surface area contributed by atoms with E-state index in [1.54, 1.807) is 6.08 Å². The topological polar surface area (TPSA) is 63.6 Å². The molecule has 0 fully saturated rings. The zero-order valence-electron chi connectivity index (χ0n) is 9.39. The average Bonchev–Trinajstić information content (AvgIpc) is 2.29. The van der Waals surface area contributed by atoms with E-state index >= 15 is 0 Å². The lowest BCUT2D eigenvalue weighted by molar-refractivity contribution is -0.151. The molecule has 0 heterocycles. The monoisotopic (exact) mass is 234 g/mol. The van der Waals surface area contributed by atoms with Crippen molar-refractivity contribution < 1.29 is 19.4 Å². The normalized spacial score (nSPS) is 9.65. The van der Waals surface area contributed by atoms with Gasteiger partial charge in [-0.05, 0) is 11.1 Å². The van der Waals surface area contributed by atoms with E-state index in [1.165, 1.54) is 0 Å². The Bertz CT molecular complexity index is 406. The maximum Gasteiger partial charge on any atom is 0.317 e. The Morgan fingerprint density at radius 3 is 2.47 bits per heavy atom. The van der Waals surface area contributed by atoms with Gasteiger partial charge in [-0.25, -0.2) is 0 Å².